The van der Waals surface area contributed by atoms with Crippen LogP contribution in [0, 0.1) is 5.82 Å². The number of aromatic nitrogens is 2. The highest BCUT2D eigenvalue weighted by Gasteiger charge is 2.23. The summed E-state index contributed by atoms with van der Waals surface area (Å²) in [4.78, 5) is 18.2. The summed E-state index contributed by atoms with van der Waals surface area (Å²) in [6, 6.07) is 0. The number of hydrogen-bond acceptors (Lipinski definition) is 7. The molecule has 0 aromatic carbocycles. The summed E-state index contributed by atoms with van der Waals surface area (Å²) in [6.07, 6.45) is 3.13. The molecule has 9 heteroatoms. The monoisotopic (exact) mass is 327 g/mol. The minimum Gasteiger partial charge on any atom is -0.507 e. The smallest absolute Gasteiger partial charge is 0.330 e. The second kappa shape index (κ2) is 6.54. The third-order valence-corrected chi connectivity index (χ3v) is 2.93. The van der Waals surface area contributed by atoms with Crippen LogP contribution in [0.5, 0.6) is 0 Å². The standard InChI is InChI=1S/C13H11ClFN3O4/c1-22-9(19)4-6-2-3-8(11(21)10(6)20)17-12-7(15)5-16-13(14)18-12/h2-5,10,20-21H,1H3,(H,16,17,18). The van der Waals surface area contributed by atoms with E-state index in [4.69, 9.17) is 11.6 Å². The number of nitrogens with one attached hydrogen (secondary N) is 1. The Morgan fingerprint density at radius 3 is 2.95 bits per heavy atom. The quantitative estimate of drug-likeness (QED) is 0.439. The van der Waals surface area contributed by atoms with Crippen LogP contribution in [-0.2, 0) is 9.53 Å². The lowest BCUT2D eigenvalue weighted by molar-refractivity contribution is -0.134. The van der Waals surface area contributed by atoms with Gasteiger partial charge in [-0.15, -0.1) is 0 Å². The summed E-state index contributed by atoms with van der Waals surface area (Å²) in [7, 11) is 1.18. The van der Waals surface area contributed by atoms with Crippen molar-refractivity contribution >= 4 is 23.4 Å². The lowest BCUT2D eigenvalue weighted by Gasteiger charge is -2.19. The Labute approximate surface area is 129 Å². The van der Waals surface area contributed by atoms with Crippen molar-refractivity contribution < 1.29 is 24.1 Å². The number of aliphatic hydroxyl groups is 2. The van der Waals surface area contributed by atoms with Gasteiger partial charge in [-0.3, -0.25) is 0 Å². The Bertz CT molecular complexity index is 703. The molecule has 1 aromatic rings. The first-order valence-electron chi connectivity index (χ1n) is 5.96. The molecule has 0 amide bonds. The Hall–Kier alpha value is -2.45. The number of aliphatic hydroxyl groups excluding tert-OH is 2. The first-order valence-corrected chi connectivity index (χ1v) is 6.34. The van der Waals surface area contributed by atoms with E-state index < -0.39 is 23.6 Å². The molecule has 1 aliphatic carbocycles. The topological polar surface area (TPSA) is 105 Å². The Morgan fingerprint density at radius 1 is 1.55 bits per heavy atom. The van der Waals surface area contributed by atoms with Gasteiger partial charge in [-0.25, -0.2) is 14.2 Å². The van der Waals surface area contributed by atoms with E-state index in [1.165, 1.54) is 19.3 Å². The van der Waals surface area contributed by atoms with Crippen LogP contribution in [0.2, 0.25) is 5.28 Å². The normalized spacial score (nSPS) is 19.5. The summed E-state index contributed by atoms with van der Waals surface area (Å²) in [5.41, 5.74) is 0.124. The molecule has 2 rings (SSSR count). The zero-order chi connectivity index (χ0) is 16.3. The van der Waals surface area contributed by atoms with Gasteiger partial charge < -0.3 is 20.3 Å². The number of halogens is 2. The van der Waals surface area contributed by atoms with E-state index in [1.54, 1.807) is 0 Å². The molecule has 0 bridgehead atoms. The highest BCUT2D eigenvalue weighted by molar-refractivity contribution is 6.28. The van der Waals surface area contributed by atoms with Gasteiger partial charge in [0.05, 0.1) is 19.0 Å². The molecular weight excluding hydrogens is 317 g/mol. The second-order valence-corrected chi connectivity index (χ2v) is 4.50. The van der Waals surface area contributed by atoms with Crippen LogP contribution in [0.15, 0.2) is 41.5 Å². The van der Waals surface area contributed by atoms with Crippen LogP contribution in [0.25, 0.3) is 0 Å². The van der Waals surface area contributed by atoms with E-state index >= 15 is 0 Å². The predicted molar refractivity (Wildman–Crippen MR) is 75.5 cm³/mol. The van der Waals surface area contributed by atoms with Crippen molar-refractivity contribution in [3.63, 3.8) is 0 Å². The SMILES string of the molecule is COC(=O)C=C1C=CC(Nc2nc(Cl)ncc2F)=C(O)C1O. The molecular formula is C13H11ClFN3O4. The van der Waals surface area contributed by atoms with Crippen LogP contribution in [0.3, 0.4) is 0 Å². The van der Waals surface area contributed by atoms with E-state index in [0.717, 1.165) is 12.3 Å². The first-order chi connectivity index (χ1) is 10.4. The fourth-order valence-corrected chi connectivity index (χ4v) is 1.78. The molecule has 0 saturated carbocycles. The van der Waals surface area contributed by atoms with Crippen molar-refractivity contribution in [1.82, 2.24) is 9.97 Å². The zero-order valence-electron chi connectivity index (χ0n) is 11.2. The number of allylic oxidation sites excluding steroid dienone is 1. The molecule has 1 aliphatic rings. The van der Waals surface area contributed by atoms with Crippen molar-refractivity contribution in [1.29, 1.82) is 0 Å². The molecule has 22 heavy (non-hydrogen) atoms. The van der Waals surface area contributed by atoms with Gasteiger partial charge >= 0.3 is 5.97 Å². The number of nitrogens with zero attached hydrogens (tertiary/aromatic N) is 2. The van der Waals surface area contributed by atoms with Gasteiger partial charge in [-0.05, 0) is 23.3 Å². The van der Waals surface area contributed by atoms with E-state index in [-0.39, 0.29) is 22.4 Å². The van der Waals surface area contributed by atoms with Crippen molar-refractivity contribution in [3.8, 4) is 0 Å². The van der Waals surface area contributed by atoms with Crippen LogP contribution >= 0.6 is 11.6 Å². The number of ether oxygens (including phenoxy) is 1. The number of rotatable bonds is 3. The summed E-state index contributed by atoms with van der Waals surface area (Å²) in [6.45, 7) is 0. The summed E-state index contributed by atoms with van der Waals surface area (Å²) >= 11 is 5.56. The lowest BCUT2D eigenvalue weighted by Crippen LogP contribution is -2.21. The van der Waals surface area contributed by atoms with Crippen LogP contribution in [-0.4, -0.2) is 39.4 Å². The molecule has 1 atom stereocenters. The van der Waals surface area contributed by atoms with E-state index in [2.05, 4.69) is 20.0 Å². The van der Waals surface area contributed by atoms with Gasteiger partial charge in [-0.1, -0.05) is 6.08 Å². The molecule has 1 unspecified atom stereocenters. The van der Waals surface area contributed by atoms with E-state index in [1.807, 2.05) is 0 Å². The Morgan fingerprint density at radius 2 is 2.27 bits per heavy atom. The third-order valence-electron chi connectivity index (χ3n) is 2.75. The molecule has 0 saturated heterocycles. The number of carbonyl (C=O) groups excluding carboxylic acids is 1. The first kappa shape index (κ1) is 15.9. The minimum atomic E-state index is -1.47. The molecule has 116 valence electrons. The van der Waals surface area contributed by atoms with Crippen molar-refractivity contribution in [2.24, 2.45) is 0 Å². The van der Waals surface area contributed by atoms with Crippen LogP contribution in [0.1, 0.15) is 0 Å². The second-order valence-electron chi connectivity index (χ2n) is 4.16. The number of carbonyl (C=O) groups is 1. The van der Waals surface area contributed by atoms with Crippen molar-refractivity contribution in [2.45, 2.75) is 6.10 Å². The highest BCUT2D eigenvalue weighted by atomic mass is 35.5. The number of hydrogen-bond donors (Lipinski definition) is 3. The molecule has 1 heterocycles. The van der Waals surface area contributed by atoms with Gasteiger partial charge in [0.1, 0.15) is 11.9 Å². The molecule has 3 N–H and O–H groups in total. The number of methoxy groups -OCH3 is 1. The van der Waals surface area contributed by atoms with E-state index in [9.17, 15) is 19.4 Å². The summed E-state index contributed by atoms with van der Waals surface area (Å²) in [5, 5.41) is 22.2. The van der Waals surface area contributed by atoms with Gasteiger partial charge in [0.25, 0.3) is 0 Å². The molecule has 0 radical (unpaired) electrons. The number of esters is 1. The van der Waals surface area contributed by atoms with Gasteiger partial charge in [0.15, 0.2) is 11.6 Å². The maximum Gasteiger partial charge on any atom is 0.330 e. The fraction of sp³-hybridized carbons (Fsp3) is 0.154. The fourth-order valence-electron chi connectivity index (χ4n) is 1.65. The molecule has 7 nitrogen and oxygen atoms in total. The summed E-state index contributed by atoms with van der Waals surface area (Å²) < 4.78 is 18.0. The molecule has 1 aromatic heterocycles. The Balaban J connectivity index is 2.27. The van der Waals surface area contributed by atoms with Gasteiger partial charge in [0.2, 0.25) is 5.28 Å². The molecule has 0 aliphatic heterocycles. The van der Waals surface area contributed by atoms with Crippen molar-refractivity contribution in [2.75, 3.05) is 12.4 Å². The minimum absolute atomic E-state index is 0.00295. The van der Waals surface area contributed by atoms with Crippen LogP contribution in [0.4, 0.5) is 10.2 Å². The zero-order valence-corrected chi connectivity index (χ0v) is 12.0. The lowest BCUT2D eigenvalue weighted by atomic mass is 10.0. The van der Waals surface area contributed by atoms with Gasteiger partial charge in [0, 0.05) is 6.08 Å². The largest absolute Gasteiger partial charge is 0.507 e. The highest BCUT2D eigenvalue weighted by Crippen LogP contribution is 2.24. The maximum atomic E-state index is 13.5. The maximum absolute atomic E-state index is 13.5. The Kier molecular flexibility index (Phi) is 4.74. The van der Waals surface area contributed by atoms with E-state index in [0.29, 0.717) is 0 Å². The average molecular weight is 328 g/mol. The predicted octanol–water partition coefficient (Wildman–Crippen LogP) is 1.48. The molecule has 0 fully saturated rings. The number of anilines is 1. The van der Waals surface area contributed by atoms with Gasteiger partial charge in [-0.2, -0.15) is 4.98 Å². The summed E-state index contributed by atoms with van der Waals surface area (Å²) in [5.74, 6) is -2.24. The molecule has 0 spiro atoms. The van der Waals surface area contributed by atoms with Crippen LogP contribution < -0.4 is 5.32 Å². The third kappa shape index (κ3) is 3.41. The van der Waals surface area contributed by atoms with Crippen molar-refractivity contribution in [3.05, 3.63) is 52.6 Å². The average Bonchev–Trinajstić information content (AvgIpc) is 2.50.